The van der Waals surface area contributed by atoms with Crippen LogP contribution in [0.25, 0.3) is 0 Å². The number of allylic oxidation sites excluding steroid dienone is 1. The molecule has 0 bridgehead atoms. The van der Waals surface area contributed by atoms with Crippen molar-refractivity contribution in [3.05, 3.63) is 103 Å². The minimum absolute atomic E-state index is 0.436. The second-order valence-corrected chi connectivity index (χ2v) is 8.60. The highest BCUT2D eigenvalue weighted by Gasteiger charge is 2.16. The maximum atomic E-state index is 10.6. The standard InChI is InChI=1S/C23H24N2OS/c1-2-12-22(26)19-27(23-17-10-5-11-18-23,24-20-13-6-3-7-14-20)25-21-15-8-4-9-16-21/h2-18,22,26H,19H2,1H3/b12-2+. The van der Waals surface area contributed by atoms with Gasteiger partial charge < -0.3 is 5.11 Å². The van der Waals surface area contributed by atoms with E-state index in [1.165, 1.54) is 0 Å². The first-order valence-electron chi connectivity index (χ1n) is 8.95. The van der Waals surface area contributed by atoms with Crippen LogP contribution in [0.2, 0.25) is 0 Å². The van der Waals surface area contributed by atoms with E-state index in [1.54, 1.807) is 6.08 Å². The highest BCUT2D eigenvalue weighted by molar-refractivity contribution is 7.96. The fraction of sp³-hybridized carbons (Fsp3) is 0.130. The summed E-state index contributed by atoms with van der Waals surface area (Å²) in [6, 6.07) is 29.8. The third kappa shape index (κ3) is 5.16. The molecule has 0 spiro atoms. The normalized spacial score (nSPS) is 12.7. The fourth-order valence-corrected chi connectivity index (χ4v) is 5.49. The molecule has 0 aromatic heterocycles. The lowest BCUT2D eigenvalue weighted by Crippen LogP contribution is -2.18. The van der Waals surface area contributed by atoms with Gasteiger partial charge in [-0.3, -0.25) is 0 Å². The predicted octanol–water partition coefficient (Wildman–Crippen LogP) is 6.17. The van der Waals surface area contributed by atoms with E-state index in [4.69, 9.17) is 8.73 Å². The summed E-state index contributed by atoms with van der Waals surface area (Å²) in [7, 11) is -2.05. The van der Waals surface area contributed by atoms with Crippen LogP contribution in [0.4, 0.5) is 11.4 Å². The average molecular weight is 377 g/mol. The molecule has 138 valence electrons. The van der Waals surface area contributed by atoms with E-state index >= 15 is 0 Å². The van der Waals surface area contributed by atoms with Gasteiger partial charge in [-0.2, -0.15) is 0 Å². The second kappa shape index (κ2) is 9.31. The van der Waals surface area contributed by atoms with Crippen molar-refractivity contribution >= 4 is 21.0 Å². The Balaban J connectivity index is 2.31. The highest BCUT2D eigenvalue weighted by Crippen LogP contribution is 2.28. The maximum Gasteiger partial charge on any atom is 0.0833 e. The largest absolute Gasteiger partial charge is 0.388 e. The average Bonchev–Trinajstić information content (AvgIpc) is 2.70. The van der Waals surface area contributed by atoms with Gasteiger partial charge in [-0.25, -0.2) is 8.73 Å². The van der Waals surface area contributed by atoms with E-state index in [9.17, 15) is 5.11 Å². The van der Waals surface area contributed by atoms with Crippen molar-refractivity contribution in [1.29, 1.82) is 0 Å². The molecule has 3 nitrogen and oxygen atoms in total. The van der Waals surface area contributed by atoms with Crippen LogP contribution >= 0.6 is 0 Å². The van der Waals surface area contributed by atoms with Crippen molar-refractivity contribution in [2.45, 2.75) is 17.9 Å². The number of nitrogens with zero attached hydrogens (tertiary/aromatic N) is 2. The van der Waals surface area contributed by atoms with Gasteiger partial charge in [0.1, 0.15) is 0 Å². The van der Waals surface area contributed by atoms with Crippen LogP contribution < -0.4 is 0 Å². The van der Waals surface area contributed by atoms with E-state index in [2.05, 4.69) is 12.1 Å². The summed E-state index contributed by atoms with van der Waals surface area (Å²) in [5, 5.41) is 10.6. The molecule has 0 aliphatic carbocycles. The van der Waals surface area contributed by atoms with Crippen molar-refractivity contribution in [3.63, 3.8) is 0 Å². The molecular weight excluding hydrogens is 352 g/mol. The monoisotopic (exact) mass is 376 g/mol. The molecule has 0 amide bonds. The van der Waals surface area contributed by atoms with Crippen molar-refractivity contribution in [3.8, 4) is 0 Å². The number of hydrogen-bond acceptors (Lipinski definition) is 3. The Bertz CT molecular complexity index is 939. The molecule has 0 saturated carbocycles. The lowest BCUT2D eigenvalue weighted by atomic mass is 10.3. The van der Waals surface area contributed by atoms with E-state index in [0.29, 0.717) is 5.75 Å². The predicted molar refractivity (Wildman–Crippen MR) is 115 cm³/mol. The summed E-state index contributed by atoms with van der Waals surface area (Å²) in [5.41, 5.74) is 1.73. The van der Waals surface area contributed by atoms with E-state index in [0.717, 1.165) is 16.3 Å². The Hall–Kier alpha value is -2.69. The highest BCUT2D eigenvalue weighted by atomic mass is 32.2. The van der Waals surface area contributed by atoms with Gasteiger partial charge in [0.2, 0.25) is 0 Å². The van der Waals surface area contributed by atoms with Gasteiger partial charge in [0, 0.05) is 10.6 Å². The van der Waals surface area contributed by atoms with Gasteiger partial charge >= 0.3 is 0 Å². The summed E-state index contributed by atoms with van der Waals surface area (Å²) in [6.45, 7) is 1.91. The Kier molecular flexibility index (Phi) is 6.58. The molecule has 1 N–H and O–H groups in total. The van der Waals surface area contributed by atoms with Crippen LogP contribution in [0.15, 0.2) is 117 Å². The first-order chi connectivity index (χ1) is 13.2. The zero-order chi connectivity index (χ0) is 19.0. The molecule has 0 aliphatic heterocycles. The topological polar surface area (TPSA) is 45.0 Å². The molecule has 3 aromatic rings. The summed E-state index contributed by atoms with van der Waals surface area (Å²) in [5.74, 6) is 0.436. The number of rotatable bonds is 6. The molecule has 3 rings (SSSR count). The van der Waals surface area contributed by atoms with Crippen LogP contribution in [-0.2, 0) is 9.62 Å². The van der Waals surface area contributed by atoms with E-state index in [-0.39, 0.29) is 0 Å². The summed E-state index contributed by atoms with van der Waals surface area (Å²) >= 11 is 0. The van der Waals surface area contributed by atoms with Gasteiger partial charge in [-0.05, 0) is 52.9 Å². The van der Waals surface area contributed by atoms with Crippen LogP contribution in [0.3, 0.4) is 0 Å². The quantitative estimate of drug-likeness (QED) is 0.514. The van der Waals surface area contributed by atoms with E-state index < -0.39 is 15.7 Å². The zero-order valence-corrected chi connectivity index (χ0v) is 16.2. The van der Waals surface area contributed by atoms with E-state index in [1.807, 2.05) is 91.9 Å². The molecule has 27 heavy (non-hydrogen) atoms. The molecule has 3 aromatic carbocycles. The van der Waals surface area contributed by atoms with Crippen molar-refractivity contribution < 1.29 is 5.11 Å². The first kappa shape index (κ1) is 19.1. The van der Waals surface area contributed by atoms with Gasteiger partial charge in [-0.1, -0.05) is 66.7 Å². The third-order valence-electron chi connectivity index (χ3n) is 3.96. The van der Waals surface area contributed by atoms with Crippen LogP contribution in [0.5, 0.6) is 0 Å². The molecule has 4 heteroatoms. The third-order valence-corrected chi connectivity index (χ3v) is 6.82. The molecule has 0 fully saturated rings. The minimum Gasteiger partial charge on any atom is -0.388 e. The molecule has 1 atom stereocenters. The first-order valence-corrected chi connectivity index (χ1v) is 10.7. The summed E-state index contributed by atoms with van der Waals surface area (Å²) in [6.07, 6.45) is 3.04. The lowest BCUT2D eigenvalue weighted by Gasteiger charge is -2.19. The maximum absolute atomic E-state index is 10.6. The van der Waals surface area contributed by atoms with Gasteiger partial charge in [0.25, 0.3) is 0 Å². The van der Waals surface area contributed by atoms with Gasteiger partial charge in [0.15, 0.2) is 0 Å². The van der Waals surface area contributed by atoms with Crippen LogP contribution in [0, 0.1) is 0 Å². The Morgan fingerprint density at radius 2 is 1.22 bits per heavy atom. The minimum atomic E-state index is -2.05. The van der Waals surface area contributed by atoms with Crippen LogP contribution in [0.1, 0.15) is 6.92 Å². The fourth-order valence-electron chi connectivity index (χ4n) is 2.78. The molecule has 0 radical (unpaired) electrons. The summed E-state index contributed by atoms with van der Waals surface area (Å²) < 4.78 is 10.2. The smallest absolute Gasteiger partial charge is 0.0833 e. The second-order valence-electron chi connectivity index (χ2n) is 6.09. The van der Waals surface area contributed by atoms with Crippen molar-refractivity contribution in [2.24, 2.45) is 8.73 Å². The van der Waals surface area contributed by atoms with Crippen molar-refractivity contribution in [1.82, 2.24) is 0 Å². The number of aliphatic hydroxyl groups excluding tert-OH is 1. The molecule has 0 aliphatic rings. The molecule has 0 heterocycles. The SMILES string of the molecule is C/C=C/C(O)CS(=Nc1ccccc1)(=Nc1ccccc1)c1ccccc1. The van der Waals surface area contributed by atoms with Gasteiger partial charge in [-0.15, -0.1) is 0 Å². The number of aliphatic hydroxyl groups is 1. The zero-order valence-electron chi connectivity index (χ0n) is 15.3. The lowest BCUT2D eigenvalue weighted by molar-refractivity contribution is 0.248. The Labute approximate surface area is 161 Å². The number of benzene rings is 3. The van der Waals surface area contributed by atoms with Gasteiger partial charge in [0.05, 0.1) is 17.5 Å². The number of hydrogen-bond donors (Lipinski definition) is 1. The molecule has 1 unspecified atom stereocenters. The summed E-state index contributed by atoms with van der Waals surface area (Å²) in [4.78, 5) is 1.03. The van der Waals surface area contributed by atoms with Crippen molar-refractivity contribution in [2.75, 3.05) is 5.75 Å². The Morgan fingerprint density at radius 3 is 1.67 bits per heavy atom. The Morgan fingerprint density at radius 1 is 0.778 bits per heavy atom. The molecular formula is C23H24N2OS. The van der Waals surface area contributed by atoms with Crippen LogP contribution in [-0.4, -0.2) is 17.0 Å². The molecule has 0 saturated heterocycles.